The molecule has 0 radical (unpaired) electrons. The van der Waals surface area contributed by atoms with E-state index in [2.05, 4.69) is 12.2 Å². The Bertz CT molecular complexity index is 279. The number of carbonyl (C=O) groups excluding carboxylic acids is 2. The first kappa shape index (κ1) is 19.9. The van der Waals surface area contributed by atoms with E-state index < -0.39 is 6.04 Å². The van der Waals surface area contributed by atoms with E-state index in [0.29, 0.717) is 13.0 Å². The van der Waals surface area contributed by atoms with Crippen molar-refractivity contribution in [2.75, 3.05) is 6.61 Å². The van der Waals surface area contributed by atoms with Gasteiger partial charge in [-0.25, -0.2) is 4.79 Å². The standard InChI is InChI=1S/C17H33NO3/c1-4-6-7-8-9-10-11-12-13-14-16(19)18-15(3)17(20)21-5-2/h15H,4-14H2,1-3H3,(H,18,19). The molecule has 1 atom stereocenters. The number of hydrogen-bond donors (Lipinski definition) is 1. The van der Waals surface area contributed by atoms with Crippen LogP contribution in [0, 0.1) is 0 Å². The molecule has 0 aromatic heterocycles. The minimum absolute atomic E-state index is 0.0569. The Kier molecular flexibility index (Phi) is 13.2. The maximum absolute atomic E-state index is 11.7. The van der Waals surface area contributed by atoms with Crippen molar-refractivity contribution in [3.05, 3.63) is 0 Å². The molecule has 0 saturated heterocycles. The highest BCUT2D eigenvalue weighted by atomic mass is 16.5. The SMILES string of the molecule is CCCCCCCCCCCC(=O)NC(C)C(=O)OCC. The third-order valence-corrected chi connectivity index (χ3v) is 3.53. The molecule has 0 aliphatic carbocycles. The molecule has 0 bridgehead atoms. The summed E-state index contributed by atoms with van der Waals surface area (Å²) in [5.41, 5.74) is 0. The van der Waals surface area contributed by atoms with E-state index in [-0.39, 0.29) is 11.9 Å². The van der Waals surface area contributed by atoms with E-state index in [9.17, 15) is 9.59 Å². The van der Waals surface area contributed by atoms with E-state index in [0.717, 1.165) is 12.8 Å². The van der Waals surface area contributed by atoms with Crippen molar-refractivity contribution in [1.82, 2.24) is 5.32 Å². The fourth-order valence-electron chi connectivity index (χ4n) is 2.24. The number of amides is 1. The molecule has 0 saturated carbocycles. The van der Waals surface area contributed by atoms with Crippen molar-refractivity contribution in [1.29, 1.82) is 0 Å². The predicted molar refractivity (Wildman–Crippen MR) is 86.1 cm³/mol. The molecular weight excluding hydrogens is 266 g/mol. The van der Waals surface area contributed by atoms with E-state index in [1.54, 1.807) is 13.8 Å². The number of unbranched alkanes of at least 4 members (excludes halogenated alkanes) is 8. The lowest BCUT2D eigenvalue weighted by Crippen LogP contribution is -2.39. The van der Waals surface area contributed by atoms with Crippen molar-refractivity contribution < 1.29 is 14.3 Å². The van der Waals surface area contributed by atoms with Crippen LogP contribution in [0.25, 0.3) is 0 Å². The second-order valence-electron chi connectivity index (χ2n) is 5.62. The van der Waals surface area contributed by atoms with E-state index >= 15 is 0 Å². The fourth-order valence-corrected chi connectivity index (χ4v) is 2.24. The molecule has 4 heteroatoms. The first-order valence-electron chi connectivity index (χ1n) is 8.57. The van der Waals surface area contributed by atoms with Gasteiger partial charge in [-0.15, -0.1) is 0 Å². The summed E-state index contributed by atoms with van der Waals surface area (Å²) in [6.45, 7) is 5.99. The Morgan fingerprint density at radius 3 is 1.95 bits per heavy atom. The fraction of sp³-hybridized carbons (Fsp3) is 0.882. The normalized spacial score (nSPS) is 12.0. The summed E-state index contributed by atoms with van der Waals surface area (Å²) in [7, 11) is 0. The van der Waals surface area contributed by atoms with Crippen LogP contribution < -0.4 is 5.32 Å². The lowest BCUT2D eigenvalue weighted by atomic mass is 10.1. The number of carbonyl (C=O) groups is 2. The molecule has 21 heavy (non-hydrogen) atoms. The molecule has 0 aliphatic rings. The van der Waals surface area contributed by atoms with Crippen LogP contribution in [-0.4, -0.2) is 24.5 Å². The number of ether oxygens (including phenoxy) is 1. The Morgan fingerprint density at radius 1 is 0.905 bits per heavy atom. The Labute approximate surface area is 130 Å². The summed E-state index contributed by atoms with van der Waals surface area (Å²) >= 11 is 0. The average Bonchev–Trinajstić information content (AvgIpc) is 2.45. The van der Waals surface area contributed by atoms with Crippen molar-refractivity contribution in [3.8, 4) is 0 Å². The van der Waals surface area contributed by atoms with Crippen molar-refractivity contribution in [2.24, 2.45) is 0 Å². The van der Waals surface area contributed by atoms with Gasteiger partial charge in [0.2, 0.25) is 5.91 Å². The topological polar surface area (TPSA) is 55.4 Å². The Hall–Kier alpha value is -1.06. The first-order valence-corrected chi connectivity index (χ1v) is 8.57. The van der Waals surface area contributed by atoms with Gasteiger partial charge < -0.3 is 10.1 Å². The molecule has 0 fully saturated rings. The van der Waals surface area contributed by atoms with Crippen LogP contribution in [0.5, 0.6) is 0 Å². The largest absolute Gasteiger partial charge is 0.464 e. The summed E-state index contributed by atoms with van der Waals surface area (Å²) in [5, 5.41) is 2.68. The van der Waals surface area contributed by atoms with Gasteiger partial charge in [0, 0.05) is 6.42 Å². The highest BCUT2D eigenvalue weighted by Crippen LogP contribution is 2.10. The quantitative estimate of drug-likeness (QED) is 0.413. The highest BCUT2D eigenvalue weighted by molar-refractivity contribution is 5.84. The van der Waals surface area contributed by atoms with Crippen molar-refractivity contribution in [2.45, 2.75) is 91.0 Å². The van der Waals surface area contributed by atoms with Crippen LogP contribution in [0.1, 0.15) is 85.0 Å². The third kappa shape index (κ3) is 12.4. The molecule has 0 aromatic carbocycles. The molecular formula is C17H33NO3. The minimum atomic E-state index is -0.545. The summed E-state index contributed by atoms with van der Waals surface area (Å²) < 4.78 is 4.85. The second-order valence-corrected chi connectivity index (χ2v) is 5.62. The van der Waals surface area contributed by atoms with Gasteiger partial charge >= 0.3 is 5.97 Å². The van der Waals surface area contributed by atoms with Gasteiger partial charge in [0.1, 0.15) is 6.04 Å². The molecule has 0 aromatic rings. The number of esters is 1. The van der Waals surface area contributed by atoms with Gasteiger partial charge in [0.05, 0.1) is 6.61 Å². The van der Waals surface area contributed by atoms with Crippen LogP contribution in [0.4, 0.5) is 0 Å². The van der Waals surface area contributed by atoms with Crippen molar-refractivity contribution >= 4 is 11.9 Å². The zero-order valence-corrected chi connectivity index (χ0v) is 14.1. The monoisotopic (exact) mass is 299 g/mol. The summed E-state index contributed by atoms with van der Waals surface area (Å²) in [6.07, 6.45) is 11.6. The molecule has 0 heterocycles. The highest BCUT2D eigenvalue weighted by Gasteiger charge is 2.15. The van der Waals surface area contributed by atoms with Crippen LogP contribution >= 0.6 is 0 Å². The maximum atomic E-state index is 11.7. The number of rotatable bonds is 13. The third-order valence-electron chi connectivity index (χ3n) is 3.53. The lowest BCUT2D eigenvalue weighted by Gasteiger charge is -2.12. The summed E-state index contributed by atoms with van der Waals surface area (Å²) in [4.78, 5) is 23.0. The maximum Gasteiger partial charge on any atom is 0.328 e. The molecule has 1 N–H and O–H groups in total. The summed E-state index contributed by atoms with van der Waals surface area (Å²) in [5.74, 6) is -0.420. The van der Waals surface area contributed by atoms with Gasteiger partial charge in [0.25, 0.3) is 0 Å². The van der Waals surface area contributed by atoms with Gasteiger partial charge in [0.15, 0.2) is 0 Å². The van der Waals surface area contributed by atoms with Crippen LogP contribution in [0.3, 0.4) is 0 Å². The number of hydrogen-bond acceptors (Lipinski definition) is 3. The zero-order valence-electron chi connectivity index (χ0n) is 14.1. The smallest absolute Gasteiger partial charge is 0.328 e. The first-order chi connectivity index (χ1) is 10.1. The van der Waals surface area contributed by atoms with Gasteiger partial charge in [-0.3, -0.25) is 4.79 Å². The van der Waals surface area contributed by atoms with Crippen LogP contribution in [0.2, 0.25) is 0 Å². The molecule has 1 unspecified atom stereocenters. The summed E-state index contributed by atoms with van der Waals surface area (Å²) in [6, 6.07) is -0.545. The lowest BCUT2D eigenvalue weighted by molar-refractivity contribution is -0.146. The molecule has 0 rings (SSSR count). The average molecular weight is 299 g/mol. The Balaban J connectivity index is 3.43. The molecule has 0 spiro atoms. The Morgan fingerprint density at radius 2 is 1.43 bits per heavy atom. The minimum Gasteiger partial charge on any atom is -0.464 e. The number of nitrogens with one attached hydrogen (secondary N) is 1. The molecule has 124 valence electrons. The van der Waals surface area contributed by atoms with Crippen LogP contribution in [-0.2, 0) is 14.3 Å². The van der Waals surface area contributed by atoms with Gasteiger partial charge in [-0.1, -0.05) is 58.3 Å². The van der Waals surface area contributed by atoms with E-state index in [1.165, 1.54) is 44.9 Å². The van der Waals surface area contributed by atoms with E-state index in [4.69, 9.17) is 4.74 Å². The van der Waals surface area contributed by atoms with Gasteiger partial charge in [-0.05, 0) is 20.3 Å². The second kappa shape index (κ2) is 13.9. The van der Waals surface area contributed by atoms with Crippen molar-refractivity contribution in [3.63, 3.8) is 0 Å². The zero-order chi connectivity index (χ0) is 15.9. The molecule has 1 amide bonds. The van der Waals surface area contributed by atoms with Crippen LogP contribution in [0.15, 0.2) is 0 Å². The molecule has 0 aliphatic heterocycles. The molecule has 4 nitrogen and oxygen atoms in total. The van der Waals surface area contributed by atoms with E-state index in [1.807, 2.05) is 0 Å². The van der Waals surface area contributed by atoms with Gasteiger partial charge in [-0.2, -0.15) is 0 Å². The predicted octanol–water partition coefficient (Wildman–Crippen LogP) is 3.98.